The number of pyridine rings is 1. The van der Waals surface area contributed by atoms with E-state index in [1.54, 1.807) is 0 Å². The smallest absolute Gasteiger partial charge is 0.388 e. The lowest BCUT2D eigenvalue weighted by Gasteiger charge is -2.09. The minimum Gasteiger partial charge on any atom is -0.417 e. The summed E-state index contributed by atoms with van der Waals surface area (Å²) in [6.07, 6.45) is 11.7. The standard InChI is InChI=1S/C25H29F2NO/c1-2-3-4-5-6-7-8-17-13-19-15-18-9-11-23-21(22(18)16-20(19)14-17)10-12-24(28-23)29-25(26)27/h9-12,15-17,25H,2-8,13-14H2,1H3. The minimum absolute atomic E-state index is 0.0352. The molecule has 0 radical (unpaired) electrons. The van der Waals surface area contributed by atoms with Gasteiger partial charge in [0.25, 0.3) is 0 Å². The van der Waals surface area contributed by atoms with Crippen molar-refractivity contribution in [2.45, 2.75) is 71.3 Å². The molecule has 0 N–H and O–H groups in total. The SMILES string of the molecule is CCCCCCCCC1Cc2cc3ccc4nc(OC(F)F)ccc4c3cc2C1. The highest BCUT2D eigenvalue weighted by atomic mass is 19.3. The van der Waals surface area contributed by atoms with Crippen molar-refractivity contribution in [2.24, 2.45) is 5.92 Å². The van der Waals surface area contributed by atoms with E-state index in [4.69, 9.17) is 0 Å². The third-order valence-electron chi connectivity index (χ3n) is 6.17. The Morgan fingerprint density at radius 2 is 1.69 bits per heavy atom. The van der Waals surface area contributed by atoms with Gasteiger partial charge in [-0.25, -0.2) is 4.98 Å². The van der Waals surface area contributed by atoms with Gasteiger partial charge in [-0.05, 0) is 59.2 Å². The van der Waals surface area contributed by atoms with Gasteiger partial charge in [-0.3, -0.25) is 0 Å². The second kappa shape index (κ2) is 9.06. The molecule has 0 spiro atoms. The van der Waals surface area contributed by atoms with Crippen LogP contribution in [0.5, 0.6) is 5.88 Å². The van der Waals surface area contributed by atoms with Crippen LogP contribution in [-0.4, -0.2) is 11.6 Å². The van der Waals surface area contributed by atoms with Gasteiger partial charge in [0.05, 0.1) is 5.52 Å². The lowest BCUT2D eigenvalue weighted by Crippen LogP contribution is -2.03. The number of hydrogen-bond acceptors (Lipinski definition) is 2. The van der Waals surface area contributed by atoms with Crippen LogP contribution >= 0.6 is 0 Å². The zero-order valence-corrected chi connectivity index (χ0v) is 17.1. The number of benzene rings is 2. The average molecular weight is 398 g/mol. The van der Waals surface area contributed by atoms with E-state index < -0.39 is 6.61 Å². The number of rotatable bonds is 9. The first-order chi connectivity index (χ1) is 14.1. The molecular formula is C25H29F2NO. The Morgan fingerprint density at radius 1 is 0.931 bits per heavy atom. The molecule has 4 rings (SSSR count). The molecule has 2 aromatic carbocycles. The zero-order chi connectivity index (χ0) is 20.2. The summed E-state index contributed by atoms with van der Waals surface area (Å²) >= 11 is 0. The fourth-order valence-corrected chi connectivity index (χ4v) is 4.71. The number of unbranched alkanes of at least 4 members (excludes halogenated alkanes) is 5. The van der Waals surface area contributed by atoms with Gasteiger partial charge in [0.2, 0.25) is 5.88 Å². The molecule has 2 nitrogen and oxygen atoms in total. The van der Waals surface area contributed by atoms with Gasteiger partial charge in [-0.1, -0.05) is 63.6 Å². The van der Waals surface area contributed by atoms with Crippen LogP contribution in [0.3, 0.4) is 0 Å². The number of halogens is 2. The van der Waals surface area contributed by atoms with Crippen molar-refractivity contribution in [1.82, 2.24) is 4.98 Å². The fourth-order valence-electron chi connectivity index (χ4n) is 4.71. The molecule has 1 unspecified atom stereocenters. The van der Waals surface area contributed by atoms with E-state index in [0.717, 1.165) is 23.1 Å². The van der Waals surface area contributed by atoms with Crippen LogP contribution in [0, 0.1) is 5.92 Å². The first-order valence-electron chi connectivity index (χ1n) is 10.9. The summed E-state index contributed by atoms with van der Waals surface area (Å²) in [5.41, 5.74) is 3.60. The number of ether oxygens (including phenoxy) is 1. The van der Waals surface area contributed by atoms with E-state index in [1.165, 1.54) is 73.9 Å². The molecule has 0 fully saturated rings. The van der Waals surface area contributed by atoms with Crippen LogP contribution in [-0.2, 0) is 12.8 Å². The number of aromatic nitrogens is 1. The quantitative estimate of drug-likeness (QED) is 0.276. The van der Waals surface area contributed by atoms with Gasteiger partial charge in [-0.15, -0.1) is 0 Å². The normalized spacial score (nSPS) is 16.1. The number of hydrogen-bond donors (Lipinski definition) is 0. The summed E-state index contributed by atoms with van der Waals surface area (Å²) in [4.78, 5) is 4.24. The lowest BCUT2D eigenvalue weighted by atomic mass is 9.97. The Balaban J connectivity index is 1.48. The molecule has 29 heavy (non-hydrogen) atoms. The van der Waals surface area contributed by atoms with Crippen LogP contribution in [0.25, 0.3) is 21.7 Å². The highest BCUT2D eigenvalue weighted by molar-refractivity contribution is 6.06. The van der Waals surface area contributed by atoms with Crippen molar-refractivity contribution >= 4 is 21.7 Å². The Kier molecular flexibility index (Phi) is 6.27. The molecule has 154 valence electrons. The van der Waals surface area contributed by atoms with Crippen LogP contribution in [0.1, 0.15) is 63.0 Å². The van der Waals surface area contributed by atoms with Crippen LogP contribution < -0.4 is 4.74 Å². The molecule has 4 heteroatoms. The molecule has 1 aliphatic carbocycles. The Labute approximate surface area is 171 Å². The van der Waals surface area contributed by atoms with E-state index in [-0.39, 0.29) is 5.88 Å². The van der Waals surface area contributed by atoms with Crippen molar-refractivity contribution in [2.75, 3.05) is 0 Å². The summed E-state index contributed by atoms with van der Waals surface area (Å²) in [7, 11) is 0. The average Bonchev–Trinajstić information content (AvgIpc) is 3.10. The maximum Gasteiger partial charge on any atom is 0.388 e. The van der Waals surface area contributed by atoms with E-state index in [2.05, 4.69) is 28.8 Å². The highest BCUT2D eigenvalue weighted by Crippen LogP contribution is 2.36. The molecule has 1 heterocycles. The van der Waals surface area contributed by atoms with Crippen molar-refractivity contribution in [3.8, 4) is 5.88 Å². The van der Waals surface area contributed by atoms with Gasteiger partial charge in [-0.2, -0.15) is 8.78 Å². The molecule has 0 aliphatic heterocycles. The van der Waals surface area contributed by atoms with E-state index >= 15 is 0 Å². The lowest BCUT2D eigenvalue weighted by molar-refractivity contribution is -0.0526. The topological polar surface area (TPSA) is 22.1 Å². The predicted molar refractivity (Wildman–Crippen MR) is 115 cm³/mol. The molecular weight excluding hydrogens is 368 g/mol. The second-order valence-electron chi connectivity index (χ2n) is 8.33. The molecule has 0 bridgehead atoms. The first kappa shape index (κ1) is 20.1. The van der Waals surface area contributed by atoms with Crippen molar-refractivity contribution < 1.29 is 13.5 Å². The van der Waals surface area contributed by atoms with Crippen molar-refractivity contribution in [1.29, 1.82) is 0 Å². The maximum atomic E-state index is 12.5. The van der Waals surface area contributed by atoms with E-state index in [0.29, 0.717) is 5.52 Å². The second-order valence-corrected chi connectivity index (χ2v) is 8.33. The molecule has 0 amide bonds. The highest BCUT2D eigenvalue weighted by Gasteiger charge is 2.22. The summed E-state index contributed by atoms with van der Waals surface area (Å²) in [6.45, 7) is -0.595. The number of alkyl halides is 2. The first-order valence-corrected chi connectivity index (χ1v) is 10.9. The molecule has 1 atom stereocenters. The molecule has 3 aromatic rings. The van der Waals surface area contributed by atoms with Crippen molar-refractivity contribution in [3.63, 3.8) is 0 Å². The van der Waals surface area contributed by atoms with Crippen molar-refractivity contribution in [3.05, 3.63) is 47.5 Å². The molecule has 0 saturated carbocycles. The Hall–Kier alpha value is -2.23. The molecule has 0 saturated heterocycles. The summed E-state index contributed by atoms with van der Waals surface area (Å²) in [5.74, 6) is 0.718. The monoisotopic (exact) mass is 397 g/mol. The van der Waals surface area contributed by atoms with Gasteiger partial charge in [0, 0.05) is 11.5 Å². The van der Waals surface area contributed by atoms with E-state index in [1.807, 2.05) is 18.2 Å². The summed E-state index contributed by atoms with van der Waals surface area (Å²) in [6, 6.07) is 11.9. The summed E-state index contributed by atoms with van der Waals surface area (Å²) < 4.78 is 29.4. The van der Waals surface area contributed by atoms with Crippen LogP contribution in [0.4, 0.5) is 8.78 Å². The Bertz CT molecular complexity index is 985. The van der Waals surface area contributed by atoms with Crippen LogP contribution in [0.15, 0.2) is 36.4 Å². The molecule has 1 aromatic heterocycles. The maximum absolute atomic E-state index is 12.5. The number of fused-ring (bicyclic) bond motifs is 4. The minimum atomic E-state index is -2.85. The van der Waals surface area contributed by atoms with Gasteiger partial charge in [0.1, 0.15) is 0 Å². The third kappa shape index (κ3) is 4.68. The number of nitrogens with zero attached hydrogens (tertiary/aromatic N) is 1. The van der Waals surface area contributed by atoms with E-state index in [9.17, 15) is 8.78 Å². The fraction of sp³-hybridized carbons (Fsp3) is 0.480. The molecule has 1 aliphatic rings. The zero-order valence-electron chi connectivity index (χ0n) is 17.1. The Morgan fingerprint density at radius 3 is 2.48 bits per heavy atom. The van der Waals surface area contributed by atoms with Gasteiger partial charge < -0.3 is 4.74 Å². The van der Waals surface area contributed by atoms with Gasteiger partial charge in [0.15, 0.2) is 0 Å². The summed E-state index contributed by atoms with van der Waals surface area (Å²) in [5, 5.41) is 3.34. The van der Waals surface area contributed by atoms with Crippen LogP contribution in [0.2, 0.25) is 0 Å². The largest absolute Gasteiger partial charge is 0.417 e. The van der Waals surface area contributed by atoms with Gasteiger partial charge >= 0.3 is 6.61 Å². The predicted octanol–water partition coefficient (Wildman–Crippen LogP) is 7.45. The third-order valence-corrected chi connectivity index (χ3v) is 6.17.